The number of nitrogens with two attached hydrogens (primary N) is 1. The summed E-state index contributed by atoms with van der Waals surface area (Å²) >= 11 is 1.20. The fraction of sp³-hybridized carbons (Fsp3) is 0.250. The van der Waals surface area contributed by atoms with Gasteiger partial charge >= 0.3 is 0 Å². The lowest BCUT2D eigenvalue weighted by molar-refractivity contribution is 0.603. The molecule has 0 aliphatic heterocycles. The molecule has 102 valence electrons. The maximum atomic E-state index is 12.2. The monoisotopic (exact) mass is 297 g/mol. The number of hydrogen-bond donors (Lipinski definition) is 2. The molecule has 5 nitrogen and oxygen atoms in total. The molecule has 0 atom stereocenters. The molecule has 0 amide bonds. The first kappa shape index (κ1) is 14.0. The molecule has 0 saturated carbocycles. The molecule has 2 heterocycles. The van der Waals surface area contributed by atoms with Gasteiger partial charge in [0.25, 0.3) is 10.0 Å². The summed E-state index contributed by atoms with van der Waals surface area (Å²) in [6, 6.07) is 4.94. The van der Waals surface area contributed by atoms with Crippen molar-refractivity contribution in [2.75, 3.05) is 4.72 Å². The summed E-state index contributed by atoms with van der Waals surface area (Å²) in [7, 11) is -3.56. The van der Waals surface area contributed by atoms with Gasteiger partial charge in [0.05, 0.1) is 5.69 Å². The molecular weight excluding hydrogens is 282 g/mol. The van der Waals surface area contributed by atoms with Crippen LogP contribution in [0.15, 0.2) is 28.6 Å². The van der Waals surface area contributed by atoms with Gasteiger partial charge in [-0.15, -0.1) is 11.3 Å². The van der Waals surface area contributed by atoms with E-state index in [9.17, 15) is 8.42 Å². The van der Waals surface area contributed by atoms with Gasteiger partial charge in [-0.2, -0.15) is 0 Å². The first-order chi connectivity index (χ1) is 8.92. The lowest BCUT2D eigenvalue weighted by Gasteiger charge is -2.06. The molecule has 0 aliphatic carbocycles. The van der Waals surface area contributed by atoms with Crippen LogP contribution in [0.3, 0.4) is 0 Å². The lowest BCUT2D eigenvalue weighted by Crippen LogP contribution is -2.11. The molecule has 0 saturated heterocycles. The number of hydrogen-bond acceptors (Lipinski definition) is 5. The first-order valence-electron chi connectivity index (χ1n) is 5.67. The van der Waals surface area contributed by atoms with Gasteiger partial charge in [0.15, 0.2) is 0 Å². The zero-order chi connectivity index (χ0) is 14.0. The Morgan fingerprint density at radius 1 is 1.37 bits per heavy atom. The number of aromatic nitrogens is 1. The molecule has 19 heavy (non-hydrogen) atoms. The number of nitrogens with one attached hydrogen (secondary N) is 1. The second-order valence-corrected chi connectivity index (χ2v) is 7.21. The third-order valence-corrected chi connectivity index (χ3v) is 5.71. The molecule has 2 aromatic heterocycles. The average Bonchev–Trinajstić information content (AvgIpc) is 2.71. The Balaban J connectivity index is 2.32. The minimum Gasteiger partial charge on any atom is -0.326 e. The van der Waals surface area contributed by atoms with Gasteiger partial charge in [-0.1, -0.05) is 0 Å². The highest BCUT2D eigenvalue weighted by Gasteiger charge is 2.18. The van der Waals surface area contributed by atoms with Gasteiger partial charge in [0.1, 0.15) is 4.21 Å². The maximum Gasteiger partial charge on any atom is 0.271 e. The highest BCUT2D eigenvalue weighted by Crippen LogP contribution is 2.27. The predicted octanol–water partition coefficient (Wildman–Crippen LogP) is 2.02. The highest BCUT2D eigenvalue weighted by molar-refractivity contribution is 7.94. The number of nitrogens with zero attached hydrogens (tertiary/aromatic N) is 1. The van der Waals surface area contributed by atoms with Crippen LogP contribution in [0.4, 0.5) is 5.69 Å². The highest BCUT2D eigenvalue weighted by atomic mass is 32.2. The van der Waals surface area contributed by atoms with E-state index in [1.54, 1.807) is 31.3 Å². The Morgan fingerprint density at radius 3 is 2.68 bits per heavy atom. The Hall–Kier alpha value is -1.44. The van der Waals surface area contributed by atoms with Crippen LogP contribution in [0.2, 0.25) is 0 Å². The first-order valence-corrected chi connectivity index (χ1v) is 7.97. The van der Waals surface area contributed by atoms with Crippen molar-refractivity contribution in [3.8, 4) is 0 Å². The van der Waals surface area contributed by atoms with Gasteiger partial charge in [-0.25, -0.2) is 8.42 Å². The number of anilines is 1. The van der Waals surface area contributed by atoms with Gasteiger partial charge < -0.3 is 5.73 Å². The van der Waals surface area contributed by atoms with Crippen molar-refractivity contribution in [3.05, 3.63) is 40.5 Å². The van der Waals surface area contributed by atoms with E-state index in [1.165, 1.54) is 11.3 Å². The van der Waals surface area contributed by atoms with Crippen molar-refractivity contribution in [2.24, 2.45) is 5.73 Å². The molecule has 0 bridgehead atoms. The normalized spacial score (nSPS) is 11.5. The van der Waals surface area contributed by atoms with Crippen LogP contribution in [0.1, 0.15) is 16.1 Å². The largest absolute Gasteiger partial charge is 0.326 e. The van der Waals surface area contributed by atoms with E-state index in [4.69, 9.17) is 5.73 Å². The van der Waals surface area contributed by atoms with Crippen LogP contribution < -0.4 is 10.5 Å². The van der Waals surface area contributed by atoms with E-state index < -0.39 is 10.0 Å². The molecule has 0 aromatic carbocycles. The summed E-state index contributed by atoms with van der Waals surface area (Å²) in [5.41, 5.74) is 7.73. The van der Waals surface area contributed by atoms with Crippen molar-refractivity contribution in [3.63, 3.8) is 0 Å². The summed E-state index contributed by atoms with van der Waals surface area (Å²) in [6.07, 6.45) is 1.57. The van der Waals surface area contributed by atoms with Crippen molar-refractivity contribution >= 4 is 27.0 Å². The van der Waals surface area contributed by atoms with E-state index in [0.29, 0.717) is 12.2 Å². The quantitative estimate of drug-likeness (QED) is 0.904. The van der Waals surface area contributed by atoms with Crippen LogP contribution in [0.5, 0.6) is 0 Å². The molecule has 3 N–H and O–H groups in total. The molecule has 2 aromatic rings. The minimum atomic E-state index is -3.56. The van der Waals surface area contributed by atoms with Gasteiger partial charge in [0, 0.05) is 23.3 Å². The fourth-order valence-electron chi connectivity index (χ4n) is 1.64. The Bertz CT molecular complexity index is 693. The van der Waals surface area contributed by atoms with Gasteiger partial charge in [-0.3, -0.25) is 9.71 Å². The van der Waals surface area contributed by atoms with Crippen LogP contribution in [0.25, 0.3) is 0 Å². The lowest BCUT2D eigenvalue weighted by atomic mass is 10.3. The van der Waals surface area contributed by atoms with E-state index >= 15 is 0 Å². The topological polar surface area (TPSA) is 85.1 Å². The third kappa shape index (κ3) is 3.12. The second kappa shape index (κ2) is 5.28. The standard InChI is InChI=1S/C12H15N3O2S2/c1-8-5-12(18-11(8)7-13)19(16,17)15-10-3-4-14-9(2)6-10/h3-6H,7,13H2,1-2H3,(H,14,15). The Kier molecular flexibility index (Phi) is 3.88. The molecule has 0 spiro atoms. The maximum absolute atomic E-state index is 12.2. The van der Waals surface area contributed by atoms with Crippen molar-refractivity contribution in [2.45, 2.75) is 24.6 Å². The Labute approximate surface area is 116 Å². The fourth-order valence-corrected chi connectivity index (χ4v) is 4.16. The molecule has 0 radical (unpaired) electrons. The van der Waals surface area contributed by atoms with Crippen molar-refractivity contribution in [1.29, 1.82) is 0 Å². The van der Waals surface area contributed by atoms with E-state index in [1.807, 2.05) is 6.92 Å². The van der Waals surface area contributed by atoms with Gasteiger partial charge in [-0.05, 0) is 37.6 Å². The summed E-state index contributed by atoms with van der Waals surface area (Å²) in [4.78, 5) is 4.91. The molecule has 0 unspecified atom stereocenters. The summed E-state index contributed by atoms with van der Waals surface area (Å²) in [6.45, 7) is 4.01. The van der Waals surface area contributed by atoms with Gasteiger partial charge in [0.2, 0.25) is 0 Å². The summed E-state index contributed by atoms with van der Waals surface area (Å²) in [5.74, 6) is 0. The van der Waals surface area contributed by atoms with E-state index in [0.717, 1.165) is 16.1 Å². The number of sulfonamides is 1. The molecule has 7 heteroatoms. The molecule has 2 rings (SSSR count). The summed E-state index contributed by atoms with van der Waals surface area (Å²) in [5, 5.41) is 0. The molecular formula is C12H15N3O2S2. The molecule has 0 fully saturated rings. The van der Waals surface area contributed by atoms with E-state index in [-0.39, 0.29) is 4.21 Å². The number of rotatable bonds is 4. The SMILES string of the molecule is Cc1cc(NS(=O)(=O)c2cc(C)c(CN)s2)ccn1. The smallest absolute Gasteiger partial charge is 0.271 e. The minimum absolute atomic E-state index is 0.278. The third-order valence-electron chi connectivity index (χ3n) is 2.60. The zero-order valence-corrected chi connectivity index (χ0v) is 12.3. The Morgan fingerprint density at radius 2 is 2.11 bits per heavy atom. The van der Waals surface area contributed by atoms with Crippen LogP contribution in [-0.4, -0.2) is 13.4 Å². The zero-order valence-electron chi connectivity index (χ0n) is 10.7. The predicted molar refractivity (Wildman–Crippen MR) is 76.7 cm³/mol. The molecule has 0 aliphatic rings. The summed E-state index contributed by atoms with van der Waals surface area (Å²) < 4.78 is 27.3. The second-order valence-electron chi connectivity index (χ2n) is 4.17. The number of pyridine rings is 1. The van der Waals surface area contributed by atoms with E-state index in [2.05, 4.69) is 9.71 Å². The van der Waals surface area contributed by atoms with Crippen LogP contribution in [0, 0.1) is 13.8 Å². The average molecular weight is 297 g/mol. The number of aryl methyl sites for hydroxylation is 2. The van der Waals surface area contributed by atoms with Crippen LogP contribution >= 0.6 is 11.3 Å². The van der Waals surface area contributed by atoms with Crippen LogP contribution in [-0.2, 0) is 16.6 Å². The van der Waals surface area contributed by atoms with Crippen molar-refractivity contribution in [1.82, 2.24) is 4.98 Å². The number of thiophene rings is 1. The van der Waals surface area contributed by atoms with Crippen molar-refractivity contribution < 1.29 is 8.42 Å².